The van der Waals surface area contributed by atoms with Crippen LogP contribution in [0.15, 0.2) is 24.3 Å². The summed E-state index contributed by atoms with van der Waals surface area (Å²) in [5, 5.41) is 0.569. The molecule has 0 fully saturated rings. The molecule has 0 saturated carbocycles. The van der Waals surface area contributed by atoms with Crippen LogP contribution in [0.1, 0.15) is 6.92 Å². The average molecular weight is 269 g/mol. The Kier molecular flexibility index (Phi) is 4.99. The summed E-state index contributed by atoms with van der Waals surface area (Å²) in [6.07, 6.45) is 0. The van der Waals surface area contributed by atoms with E-state index in [1.807, 2.05) is 0 Å². The quantitative estimate of drug-likeness (QED) is 0.505. The van der Waals surface area contributed by atoms with Gasteiger partial charge >= 0.3 is 6.72 Å². The second-order valence-corrected chi connectivity index (χ2v) is 5.58. The smallest absolute Gasteiger partial charge is 0.405 e. The van der Waals surface area contributed by atoms with Crippen molar-refractivity contribution in [1.82, 2.24) is 0 Å². The van der Waals surface area contributed by atoms with Crippen LogP contribution in [0.25, 0.3) is 0 Å². The summed E-state index contributed by atoms with van der Waals surface area (Å²) in [6.45, 7) is -1.39. The first-order valence-electron chi connectivity index (χ1n) is 4.12. The van der Waals surface area contributed by atoms with E-state index in [2.05, 4.69) is 21.4 Å². The molecule has 0 aliphatic heterocycles. The van der Waals surface area contributed by atoms with E-state index in [4.69, 9.17) is 16.1 Å². The number of hydrogen-bond donors (Lipinski definition) is 1. The third-order valence-corrected chi connectivity index (χ3v) is 2.69. The Morgan fingerprint density at radius 1 is 1.40 bits per heavy atom. The van der Waals surface area contributed by atoms with Crippen molar-refractivity contribution >= 4 is 30.1 Å². The molecule has 1 unspecified atom stereocenters. The van der Waals surface area contributed by atoms with Crippen LogP contribution in [0.4, 0.5) is 0 Å². The van der Waals surface area contributed by atoms with Gasteiger partial charge in [-0.2, -0.15) is 0 Å². The standard InChI is InChI=1S/C8H10ClO4PS/c1-2-11-13-14(10,15)12-8-5-3-7(9)4-6-8/h3-6H,2H2,1H3,(H,10,15). The maximum absolute atomic E-state index is 9.49. The second kappa shape index (κ2) is 5.80. The van der Waals surface area contributed by atoms with Crippen molar-refractivity contribution in [2.24, 2.45) is 0 Å². The maximum Gasteiger partial charge on any atom is 0.405 e. The molecular weight excluding hydrogens is 259 g/mol. The van der Waals surface area contributed by atoms with E-state index in [-0.39, 0.29) is 6.61 Å². The monoisotopic (exact) mass is 268 g/mol. The summed E-state index contributed by atoms with van der Waals surface area (Å²) in [4.78, 5) is 14.0. The van der Waals surface area contributed by atoms with Gasteiger partial charge in [-0.25, -0.2) is 4.89 Å². The Bertz CT molecular complexity index is 356. The van der Waals surface area contributed by atoms with Gasteiger partial charge in [0, 0.05) is 16.8 Å². The highest BCUT2D eigenvalue weighted by Crippen LogP contribution is 2.44. The first-order chi connectivity index (χ1) is 7.03. The van der Waals surface area contributed by atoms with E-state index in [9.17, 15) is 4.89 Å². The average Bonchev–Trinajstić information content (AvgIpc) is 2.18. The van der Waals surface area contributed by atoms with Crippen molar-refractivity contribution in [2.75, 3.05) is 6.61 Å². The number of halogens is 1. The highest BCUT2D eigenvalue weighted by molar-refractivity contribution is 8.07. The third kappa shape index (κ3) is 4.93. The minimum Gasteiger partial charge on any atom is -0.423 e. The summed E-state index contributed by atoms with van der Waals surface area (Å²) >= 11 is 10.4. The number of benzene rings is 1. The molecule has 0 amide bonds. The van der Waals surface area contributed by atoms with Gasteiger partial charge in [0.05, 0.1) is 6.61 Å². The molecule has 0 heterocycles. The van der Waals surface area contributed by atoms with Gasteiger partial charge in [0.25, 0.3) is 0 Å². The van der Waals surface area contributed by atoms with Gasteiger partial charge in [-0.15, -0.1) is 4.67 Å². The molecule has 1 N–H and O–H groups in total. The van der Waals surface area contributed by atoms with E-state index in [1.54, 1.807) is 31.2 Å². The van der Waals surface area contributed by atoms with Crippen LogP contribution in [-0.4, -0.2) is 11.5 Å². The van der Waals surface area contributed by atoms with Gasteiger partial charge in [-0.1, -0.05) is 11.6 Å². The van der Waals surface area contributed by atoms with Gasteiger partial charge in [0.15, 0.2) is 0 Å². The Morgan fingerprint density at radius 2 is 2.00 bits per heavy atom. The topological polar surface area (TPSA) is 47.9 Å². The maximum atomic E-state index is 9.49. The van der Waals surface area contributed by atoms with Crippen molar-refractivity contribution in [3.63, 3.8) is 0 Å². The predicted octanol–water partition coefficient (Wildman–Crippen LogP) is 2.90. The Hall–Kier alpha value is -0.160. The first kappa shape index (κ1) is 12.9. The lowest BCUT2D eigenvalue weighted by atomic mass is 10.3. The molecule has 1 atom stereocenters. The largest absolute Gasteiger partial charge is 0.423 e. The van der Waals surface area contributed by atoms with Gasteiger partial charge in [-0.3, -0.25) is 0 Å². The zero-order valence-corrected chi connectivity index (χ0v) is 10.4. The summed E-state index contributed by atoms with van der Waals surface area (Å²) in [7, 11) is 0. The highest BCUT2D eigenvalue weighted by Gasteiger charge is 2.17. The van der Waals surface area contributed by atoms with Crippen LogP contribution in [0.2, 0.25) is 5.02 Å². The van der Waals surface area contributed by atoms with Gasteiger partial charge in [-0.05, 0) is 31.2 Å². The molecule has 0 radical (unpaired) electrons. The van der Waals surface area contributed by atoms with Crippen molar-refractivity contribution in [2.45, 2.75) is 6.92 Å². The minimum absolute atomic E-state index is 0.281. The summed E-state index contributed by atoms with van der Waals surface area (Å²) < 4.78 is 9.57. The van der Waals surface area contributed by atoms with E-state index in [1.165, 1.54) is 0 Å². The third-order valence-electron chi connectivity index (χ3n) is 1.30. The fourth-order valence-corrected chi connectivity index (χ4v) is 1.93. The van der Waals surface area contributed by atoms with Crippen molar-refractivity contribution in [1.29, 1.82) is 0 Å². The fourth-order valence-electron chi connectivity index (χ4n) is 0.763. The number of hydrogen-bond acceptors (Lipinski definition) is 4. The molecule has 1 rings (SSSR count). The van der Waals surface area contributed by atoms with E-state index < -0.39 is 6.72 Å². The Morgan fingerprint density at radius 3 is 2.53 bits per heavy atom. The van der Waals surface area contributed by atoms with E-state index >= 15 is 0 Å². The zero-order chi connectivity index (χ0) is 11.3. The molecule has 0 spiro atoms. The molecule has 1 aromatic carbocycles. The van der Waals surface area contributed by atoms with Crippen LogP contribution in [0, 0.1) is 0 Å². The molecule has 0 aliphatic rings. The zero-order valence-electron chi connectivity index (χ0n) is 7.92. The molecular formula is C8H10ClO4PS. The van der Waals surface area contributed by atoms with E-state index in [0.29, 0.717) is 10.8 Å². The first-order valence-corrected chi connectivity index (χ1v) is 7.09. The summed E-state index contributed by atoms with van der Waals surface area (Å²) in [5.74, 6) is 0.380. The SMILES string of the molecule is CCOOP(O)(=S)Oc1ccc(Cl)cc1. The van der Waals surface area contributed by atoms with Gasteiger partial charge in [0.2, 0.25) is 0 Å². The van der Waals surface area contributed by atoms with Crippen molar-refractivity contribution in [3.8, 4) is 5.75 Å². The van der Waals surface area contributed by atoms with Crippen molar-refractivity contribution in [3.05, 3.63) is 29.3 Å². The lowest BCUT2D eigenvalue weighted by molar-refractivity contribution is -0.208. The molecule has 84 valence electrons. The lowest BCUT2D eigenvalue weighted by Gasteiger charge is -2.14. The lowest BCUT2D eigenvalue weighted by Crippen LogP contribution is -1.98. The highest BCUT2D eigenvalue weighted by atomic mass is 35.5. The summed E-state index contributed by atoms with van der Waals surface area (Å²) in [6, 6.07) is 6.39. The van der Waals surface area contributed by atoms with Crippen LogP contribution < -0.4 is 4.52 Å². The second-order valence-electron chi connectivity index (χ2n) is 2.49. The molecule has 0 saturated heterocycles. The molecule has 7 heteroatoms. The fraction of sp³-hybridized carbons (Fsp3) is 0.250. The van der Waals surface area contributed by atoms with Crippen molar-refractivity contribution < 1.29 is 19.0 Å². The van der Waals surface area contributed by atoms with Crippen LogP contribution >= 0.6 is 18.3 Å². The minimum atomic E-state index is -3.38. The predicted molar refractivity (Wildman–Crippen MR) is 61.3 cm³/mol. The van der Waals surface area contributed by atoms with Crippen LogP contribution in [0.3, 0.4) is 0 Å². The Labute approximate surface area is 97.9 Å². The van der Waals surface area contributed by atoms with Gasteiger partial charge in [0.1, 0.15) is 5.75 Å². The molecule has 1 aromatic rings. The molecule has 15 heavy (non-hydrogen) atoms. The molecule has 0 bridgehead atoms. The molecule has 4 nitrogen and oxygen atoms in total. The number of rotatable bonds is 5. The Balaban J connectivity index is 2.60. The van der Waals surface area contributed by atoms with E-state index in [0.717, 1.165) is 0 Å². The van der Waals surface area contributed by atoms with Crippen LogP contribution in [0.5, 0.6) is 5.75 Å². The normalized spacial score (nSPS) is 14.6. The summed E-state index contributed by atoms with van der Waals surface area (Å²) in [5.41, 5.74) is 0. The van der Waals surface area contributed by atoms with Gasteiger partial charge < -0.3 is 9.42 Å². The molecule has 0 aromatic heterocycles. The van der Waals surface area contributed by atoms with Crippen LogP contribution in [-0.2, 0) is 21.4 Å². The molecule has 0 aliphatic carbocycles.